The zero-order valence-electron chi connectivity index (χ0n) is 22.7. The molecule has 3 aliphatic rings. The maximum Gasteiger partial charge on any atom is 0.274 e. The summed E-state index contributed by atoms with van der Waals surface area (Å²) >= 11 is 6.11. The minimum atomic E-state index is -0.0725. The van der Waals surface area contributed by atoms with Crippen LogP contribution in [0.3, 0.4) is 0 Å². The molecule has 0 spiro atoms. The van der Waals surface area contributed by atoms with Crippen LogP contribution in [0.5, 0.6) is 0 Å². The third-order valence-electron chi connectivity index (χ3n) is 8.76. The second kappa shape index (κ2) is 11.2. The molecule has 0 saturated carbocycles. The molecule has 8 nitrogen and oxygen atoms in total. The van der Waals surface area contributed by atoms with Crippen LogP contribution in [0.25, 0.3) is 5.65 Å². The SMILES string of the molecule is CC(C)[C@@H]1CC[C@@H](C)CC(=O)N2C[C@H]3C[C@@H](CN(C(=O)c4cn5cc(Cl)ccc5n4)C3)[C@@H]2CCCC(=O)N1. The number of halogens is 1. The number of likely N-dealkylation sites (tertiary alicyclic amines) is 1. The Morgan fingerprint density at radius 3 is 2.71 bits per heavy atom. The van der Waals surface area contributed by atoms with Crippen molar-refractivity contribution in [2.24, 2.45) is 23.7 Å². The van der Waals surface area contributed by atoms with Crippen molar-refractivity contribution >= 4 is 35.0 Å². The molecule has 206 valence electrons. The summed E-state index contributed by atoms with van der Waals surface area (Å²) in [7, 11) is 0. The van der Waals surface area contributed by atoms with Crippen molar-refractivity contribution in [1.82, 2.24) is 24.5 Å². The molecular formula is C29H40ClN5O3. The first-order valence-corrected chi connectivity index (χ1v) is 14.6. The summed E-state index contributed by atoms with van der Waals surface area (Å²) in [6, 6.07) is 3.78. The highest BCUT2D eigenvalue weighted by atomic mass is 35.5. The van der Waals surface area contributed by atoms with E-state index in [0.29, 0.717) is 54.8 Å². The summed E-state index contributed by atoms with van der Waals surface area (Å²) in [6.45, 7) is 8.36. The number of amides is 3. The van der Waals surface area contributed by atoms with Gasteiger partial charge in [-0.3, -0.25) is 14.4 Å². The molecule has 0 unspecified atom stereocenters. The zero-order chi connectivity index (χ0) is 27.0. The van der Waals surface area contributed by atoms with Gasteiger partial charge in [0.15, 0.2) is 0 Å². The van der Waals surface area contributed by atoms with Gasteiger partial charge >= 0.3 is 0 Å². The number of piperidine rings is 2. The predicted octanol–water partition coefficient (Wildman–Crippen LogP) is 4.41. The molecule has 0 aromatic carbocycles. The number of carbonyl (C=O) groups excluding carboxylic acids is 3. The minimum Gasteiger partial charge on any atom is -0.353 e. The number of carbonyl (C=O) groups is 3. The van der Waals surface area contributed by atoms with Gasteiger partial charge in [-0.25, -0.2) is 4.98 Å². The Bertz CT molecular complexity index is 1200. The number of nitrogens with zero attached hydrogens (tertiary/aromatic N) is 4. The molecule has 5 atom stereocenters. The van der Waals surface area contributed by atoms with Crippen LogP contribution < -0.4 is 5.32 Å². The number of rotatable bonds is 2. The highest BCUT2D eigenvalue weighted by Gasteiger charge is 2.44. The first-order chi connectivity index (χ1) is 18.2. The summed E-state index contributed by atoms with van der Waals surface area (Å²) in [5.74, 6) is 1.36. The maximum absolute atomic E-state index is 13.6. The van der Waals surface area contributed by atoms with E-state index in [-0.39, 0.29) is 47.6 Å². The Hall–Kier alpha value is -2.61. The summed E-state index contributed by atoms with van der Waals surface area (Å²) in [4.78, 5) is 48.4. The Kier molecular flexibility index (Phi) is 7.98. The van der Waals surface area contributed by atoms with Crippen LogP contribution in [0.15, 0.2) is 24.5 Å². The molecule has 5 heterocycles. The highest BCUT2D eigenvalue weighted by molar-refractivity contribution is 6.30. The molecule has 2 aromatic heterocycles. The normalized spacial score (nSPS) is 29.3. The lowest BCUT2D eigenvalue weighted by Gasteiger charge is -2.51. The largest absolute Gasteiger partial charge is 0.353 e. The zero-order valence-corrected chi connectivity index (χ0v) is 23.5. The molecular weight excluding hydrogens is 502 g/mol. The Morgan fingerprint density at radius 1 is 1.11 bits per heavy atom. The molecule has 0 radical (unpaired) electrons. The summed E-state index contributed by atoms with van der Waals surface area (Å²) < 4.78 is 1.78. The lowest BCUT2D eigenvalue weighted by molar-refractivity contribution is -0.141. The summed E-state index contributed by atoms with van der Waals surface area (Å²) in [6.07, 6.45) is 8.87. The smallest absolute Gasteiger partial charge is 0.274 e. The molecule has 3 aliphatic heterocycles. The third kappa shape index (κ3) is 5.85. The molecule has 38 heavy (non-hydrogen) atoms. The van der Waals surface area contributed by atoms with E-state index in [4.69, 9.17) is 11.6 Å². The van der Waals surface area contributed by atoms with Gasteiger partial charge in [-0.15, -0.1) is 0 Å². The molecule has 3 fully saturated rings. The van der Waals surface area contributed by atoms with Crippen molar-refractivity contribution in [2.75, 3.05) is 19.6 Å². The van der Waals surface area contributed by atoms with Gasteiger partial charge in [0.25, 0.3) is 5.91 Å². The summed E-state index contributed by atoms with van der Waals surface area (Å²) in [5, 5.41) is 3.84. The van der Waals surface area contributed by atoms with Crippen molar-refractivity contribution in [3.05, 3.63) is 35.2 Å². The van der Waals surface area contributed by atoms with Crippen molar-refractivity contribution < 1.29 is 14.4 Å². The molecule has 3 saturated heterocycles. The predicted molar refractivity (Wildman–Crippen MR) is 147 cm³/mol. The average molecular weight is 542 g/mol. The number of hydrogen-bond donors (Lipinski definition) is 1. The van der Waals surface area contributed by atoms with Gasteiger partial charge in [-0.1, -0.05) is 32.4 Å². The van der Waals surface area contributed by atoms with Gasteiger partial charge in [0, 0.05) is 57.0 Å². The van der Waals surface area contributed by atoms with Crippen LogP contribution >= 0.6 is 11.6 Å². The fourth-order valence-corrected chi connectivity index (χ4v) is 6.87. The van der Waals surface area contributed by atoms with Gasteiger partial charge in [-0.05, 0) is 67.9 Å². The molecule has 0 aliphatic carbocycles. The minimum absolute atomic E-state index is 0.0517. The van der Waals surface area contributed by atoms with Crippen molar-refractivity contribution in [2.45, 2.75) is 77.8 Å². The second-order valence-electron chi connectivity index (χ2n) is 12.1. The quantitative estimate of drug-likeness (QED) is 0.610. The summed E-state index contributed by atoms with van der Waals surface area (Å²) in [5.41, 5.74) is 1.11. The highest BCUT2D eigenvalue weighted by Crippen LogP contribution is 2.37. The van der Waals surface area contributed by atoms with E-state index in [0.717, 1.165) is 32.1 Å². The van der Waals surface area contributed by atoms with Crippen LogP contribution in [0.1, 0.15) is 76.2 Å². The topological polar surface area (TPSA) is 87.0 Å². The van der Waals surface area contributed by atoms with Crippen LogP contribution in [0, 0.1) is 23.7 Å². The lowest BCUT2D eigenvalue weighted by atomic mass is 9.77. The average Bonchev–Trinajstić information content (AvgIpc) is 3.29. The van der Waals surface area contributed by atoms with Crippen LogP contribution in [0.2, 0.25) is 5.02 Å². The molecule has 1 N–H and O–H groups in total. The number of imidazole rings is 1. The molecule has 2 aromatic rings. The molecule has 9 heteroatoms. The first kappa shape index (κ1) is 27.0. The van der Waals surface area contributed by atoms with Crippen molar-refractivity contribution in [3.8, 4) is 0 Å². The molecule has 2 bridgehead atoms. The monoisotopic (exact) mass is 541 g/mol. The number of pyridine rings is 1. The molecule has 5 rings (SSSR count). The first-order valence-electron chi connectivity index (χ1n) is 14.2. The van der Waals surface area contributed by atoms with Gasteiger partial charge < -0.3 is 19.5 Å². The standard InChI is InChI=1S/C29H40ClN5O3/c1-18(2)23-9-7-19(3)11-28(37)35-14-20-12-21(25(35)5-4-6-27(36)32-23)15-34(13-20)29(38)24-17-33-16-22(30)8-10-26(33)31-24/h8,10,16-21,23,25H,4-7,9,11-15H2,1-3H3,(H,32,36)/t19-,20+,21+,23+,25+/m1/s1. The Balaban J connectivity index is 1.33. The van der Waals surface area contributed by atoms with Crippen LogP contribution in [-0.2, 0) is 9.59 Å². The van der Waals surface area contributed by atoms with E-state index in [1.807, 2.05) is 4.90 Å². The van der Waals surface area contributed by atoms with Gasteiger partial charge in [0.05, 0.1) is 5.02 Å². The van der Waals surface area contributed by atoms with Crippen molar-refractivity contribution in [3.63, 3.8) is 0 Å². The number of fused-ring (bicyclic) bond motifs is 5. The maximum atomic E-state index is 13.6. The van der Waals surface area contributed by atoms with E-state index >= 15 is 0 Å². The Morgan fingerprint density at radius 2 is 1.92 bits per heavy atom. The van der Waals surface area contributed by atoms with E-state index in [2.05, 4.69) is 36.0 Å². The molecule has 3 amide bonds. The fourth-order valence-electron chi connectivity index (χ4n) is 6.70. The van der Waals surface area contributed by atoms with Gasteiger partial charge in [0.2, 0.25) is 11.8 Å². The van der Waals surface area contributed by atoms with E-state index in [1.165, 1.54) is 0 Å². The van der Waals surface area contributed by atoms with Gasteiger partial charge in [0.1, 0.15) is 11.3 Å². The number of hydrogen-bond acceptors (Lipinski definition) is 4. The lowest BCUT2D eigenvalue weighted by Crippen LogP contribution is -2.60. The van der Waals surface area contributed by atoms with Gasteiger partial charge in [-0.2, -0.15) is 0 Å². The number of nitrogens with one attached hydrogen (secondary N) is 1. The van der Waals surface area contributed by atoms with E-state index in [9.17, 15) is 14.4 Å². The van der Waals surface area contributed by atoms with Crippen LogP contribution in [-0.4, -0.2) is 68.6 Å². The second-order valence-corrected chi connectivity index (χ2v) is 12.6. The Labute approximate surface area is 230 Å². The van der Waals surface area contributed by atoms with Crippen molar-refractivity contribution in [1.29, 1.82) is 0 Å². The third-order valence-corrected chi connectivity index (χ3v) is 8.98. The number of aromatic nitrogens is 2. The van der Waals surface area contributed by atoms with E-state index < -0.39 is 0 Å². The van der Waals surface area contributed by atoms with Crippen LogP contribution in [0.4, 0.5) is 0 Å². The fraction of sp³-hybridized carbons (Fsp3) is 0.655. The van der Waals surface area contributed by atoms with E-state index in [1.54, 1.807) is 28.9 Å².